The molecular weight excluding hydrogens is 292 g/mol. The van der Waals surface area contributed by atoms with E-state index in [1.54, 1.807) is 0 Å². The van der Waals surface area contributed by atoms with Gasteiger partial charge in [0.2, 0.25) is 5.91 Å². The minimum absolute atomic E-state index is 0.0856. The number of fused-ring (bicyclic) bond motifs is 1. The van der Waals surface area contributed by atoms with Crippen molar-refractivity contribution in [3.63, 3.8) is 0 Å². The molecule has 1 aliphatic heterocycles. The summed E-state index contributed by atoms with van der Waals surface area (Å²) in [6.07, 6.45) is 5.56. The first-order valence-corrected chi connectivity index (χ1v) is 8.26. The molecule has 2 unspecified atom stereocenters. The Morgan fingerprint density at radius 2 is 2.09 bits per heavy atom. The van der Waals surface area contributed by atoms with Crippen LogP contribution in [0.25, 0.3) is 0 Å². The fourth-order valence-electron chi connectivity index (χ4n) is 3.33. The van der Waals surface area contributed by atoms with Crippen LogP contribution in [0.3, 0.4) is 0 Å². The zero-order valence-electron chi connectivity index (χ0n) is 13.3. The third-order valence-corrected chi connectivity index (χ3v) is 4.55. The third-order valence-electron chi connectivity index (χ3n) is 4.55. The lowest BCUT2D eigenvalue weighted by Crippen LogP contribution is -2.29. The number of aliphatic imine (C=N–C) groups is 1. The van der Waals surface area contributed by atoms with Crippen molar-refractivity contribution in [1.29, 1.82) is 0 Å². The average molecular weight is 316 g/mol. The minimum Gasteiger partial charge on any atom is -0.370 e. The van der Waals surface area contributed by atoms with Gasteiger partial charge >= 0.3 is 0 Å². The molecule has 1 amide bonds. The summed E-state index contributed by atoms with van der Waals surface area (Å²) in [5, 5.41) is 3.21. The number of carbonyl (C=O) groups is 1. The van der Waals surface area contributed by atoms with Crippen LogP contribution in [-0.4, -0.2) is 30.6 Å². The second-order valence-electron chi connectivity index (χ2n) is 6.23. The van der Waals surface area contributed by atoms with Crippen molar-refractivity contribution in [2.75, 3.05) is 11.9 Å². The van der Waals surface area contributed by atoms with E-state index in [-0.39, 0.29) is 6.10 Å². The fraction of sp³-hybridized carbons (Fsp3) is 0.529. The molecule has 124 valence electrons. The summed E-state index contributed by atoms with van der Waals surface area (Å²) in [5.74, 6) is -0.0198. The van der Waals surface area contributed by atoms with Gasteiger partial charge in [-0.25, -0.2) is 0 Å². The van der Waals surface area contributed by atoms with Crippen molar-refractivity contribution in [1.82, 2.24) is 0 Å². The minimum atomic E-state index is -0.481. The summed E-state index contributed by atoms with van der Waals surface area (Å²) in [6, 6.07) is 6.28. The van der Waals surface area contributed by atoms with Gasteiger partial charge in [0.1, 0.15) is 6.10 Å². The van der Waals surface area contributed by atoms with Crippen LogP contribution in [0.2, 0.25) is 0 Å². The molecule has 3 rings (SSSR count). The van der Waals surface area contributed by atoms with E-state index in [1.165, 1.54) is 24.0 Å². The van der Waals surface area contributed by atoms with Crippen LogP contribution in [0.5, 0.6) is 0 Å². The van der Waals surface area contributed by atoms with Gasteiger partial charge in [0, 0.05) is 5.69 Å². The first kappa shape index (κ1) is 15.8. The first-order chi connectivity index (χ1) is 11.1. The molecule has 1 aromatic carbocycles. The van der Waals surface area contributed by atoms with Gasteiger partial charge < -0.3 is 21.5 Å². The summed E-state index contributed by atoms with van der Waals surface area (Å²) >= 11 is 0. The number of hydrogen-bond donors (Lipinski definition) is 3. The Labute approximate surface area is 136 Å². The highest BCUT2D eigenvalue weighted by molar-refractivity contribution is 5.93. The molecule has 1 aromatic rings. The van der Waals surface area contributed by atoms with Crippen LogP contribution in [0.15, 0.2) is 23.2 Å². The number of nitrogens with zero attached hydrogens (tertiary/aromatic N) is 1. The van der Waals surface area contributed by atoms with Gasteiger partial charge in [-0.05, 0) is 55.7 Å². The zero-order chi connectivity index (χ0) is 16.2. The van der Waals surface area contributed by atoms with Gasteiger partial charge in [-0.1, -0.05) is 12.1 Å². The number of benzene rings is 1. The number of primary amides is 1. The maximum atomic E-state index is 11.1. The van der Waals surface area contributed by atoms with Crippen LogP contribution < -0.4 is 16.8 Å². The predicted octanol–water partition coefficient (Wildman–Crippen LogP) is 1.32. The lowest BCUT2D eigenvalue weighted by Gasteiger charge is -2.20. The van der Waals surface area contributed by atoms with Gasteiger partial charge in [-0.2, -0.15) is 0 Å². The average Bonchev–Trinajstić information content (AvgIpc) is 3.03. The largest absolute Gasteiger partial charge is 0.370 e. The van der Waals surface area contributed by atoms with Crippen molar-refractivity contribution >= 4 is 17.6 Å². The summed E-state index contributed by atoms with van der Waals surface area (Å²) in [7, 11) is 0. The van der Waals surface area contributed by atoms with Crippen molar-refractivity contribution in [3.8, 4) is 0 Å². The van der Waals surface area contributed by atoms with Crippen LogP contribution in [-0.2, 0) is 22.4 Å². The number of carbonyl (C=O) groups excluding carboxylic acids is 1. The Kier molecular flexibility index (Phi) is 4.81. The van der Waals surface area contributed by atoms with E-state index >= 15 is 0 Å². The Balaban J connectivity index is 1.59. The van der Waals surface area contributed by atoms with Crippen LogP contribution in [0, 0.1) is 0 Å². The topological polar surface area (TPSA) is 103 Å². The number of aryl methyl sites for hydroxylation is 1. The lowest BCUT2D eigenvalue weighted by molar-refractivity contribution is -0.128. The van der Waals surface area contributed by atoms with Gasteiger partial charge in [0.25, 0.3) is 0 Å². The van der Waals surface area contributed by atoms with Gasteiger partial charge in [0.05, 0.1) is 12.6 Å². The highest BCUT2D eigenvalue weighted by atomic mass is 16.5. The highest BCUT2D eigenvalue weighted by Gasteiger charge is 2.28. The van der Waals surface area contributed by atoms with Crippen molar-refractivity contribution < 1.29 is 9.53 Å². The van der Waals surface area contributed by atoms with Gasteiger partial charge in [-0.15, -0.1) is 0 Å². The predicted molar refractivity (Wildman–Crippen MR) is 90.3 cm³/mol. The standard InChI is InChI=1S/C17H24N4O2/c18-16(22)15-9-8-12(23-15)10-20-17(19)21-14-7-3-5-11-4-1-2-6-13(11)14/h3,5,7,12,15H,1-2,4,6,8-10H2,(H2,18,22)(H3,19,20,21). The number of amides is 1. The summed E-state index contributed by atoms with van der Waals surface area (Å²) in [4.78, 5) is 15.4. The number of anilines is 1. The third kappa shape index (κ3) is 3.82. The van der Waals surface area contributed by atoms with Crippen molar-refractivity contribution in [2.24, 2.45) is 16.5 Å². The molecule has 0 radical (unpaired) electrons. The molecule has 2 atom stereocenters. The molecular formula is C17H24N4O2. The number of ether oxygens (including phenoxy) is 1. The molecule has 0 aromatic heterocycles. The number of guanidine groups is 1. The molecule has 23 heavy (non-hydrogen) atoms. The lowest BCUT2D eigenvalue weighted by atomic mass is 9.90. The van der Waals surface area contributed by atoms with Gasteiger partial charge in [0.15, 0.2) is 5.96 Å². The summed E-state index contributed by atoms with van der Waals surface area (Å²) in [6.45, 7) is 0.442. The quantitative estimate of drug-likeness (QED) is 0.576. The smallest absolute Gasteiger partial charge is 0.246 e. The van der Waals surface area contributed by atoms with E-state index in [0.717, 1.165) is 24.9 Å². The molecule has 0 bridgehead atoms. The number of rotatable bonds is 4. The molecule has 5 N–H and O–H groups in total. The molecule has 0 spiro atoms. The van der Waals surface area contributed by atoms with Crippen LogP contribution >= 0.6 is 0 Å². The number of hydrogen-bond acceptors (Lipinski definition) is 3. The molecule has 1 heterocycles. The molecule has 0 saturated carbocycles. The Bertz CT molecular complexity index is 615. The van der Waals surface area contributed by atoms with E-state index in [4.69, 9.17) is 16.2 Å². The van der Waals surface area contributed by atoms with E-state index in [0.29, 0.717) is 18.9 Å². The first-order valence-electron chi connectivity index (χ1n) is 8.26. The van der Waals surface area contributed by atoms with E-state index < -0.39 is 12.0 Å². The maximum Gasteiger partial charge on any atom is 0.246 e. The van der Waals surface area contributed by atoms with E-state index in [9.17, 15) is 4.79 Å². The highest BCUT2D eigenvalue weighted by Crippen LogP contribution is 2.27. The van der Waals surface area contributed by atoms with E-state index in [2.05, 4.69) is 22.4 Å². The van der Waals surface area contributed by atoms with Crippen LogP contribution in [0.4, 0.5) is 5.69 Å². The van der Waals surface area contributed by atoms with Crippen LogP contribution in [0.1, 0.15) is 36.8 Å². The monoisotopic (exact) mass is 316 g/mol. The number of nitrogens with one attached hydrogen (secondary N) is 1. The second kappa shape index (κ2) is 7.00. The normalized spacial score (nSPS) is 24.3. The fourth-order valence-corrected chi connectivity index (χ4v) is 3.33. The molecule has 1 saturated heterocycles. The maximum absolute atomic E-state index is 11.1. The number of nitrogens with two attached hydrogens (primary N) is 2. The zero-order valence-corrected chi connectivity index (χ0v) is 13.3. The molecule has 6 heteroatoms. The second-order valence-corrected chi connectivity index (χ2v) is 6.23. The van der Waals surface area contributed by atoms with E-state index in [1.807, 2.05) is 6.07 Å². The summed E-state index contributed by atoms with van der Waals surface area (Å²) < 4.78 is 5.55. The Hall–Kier alpha value is -2.08. The summed E-state index contributed by atoms with van der Waals surface area (Å²) in [5.41, 5.74) is 15.0. The molecule has 2 aliphatic rings. The molecule has 1 aliphatic carbocycles. The van der Waals surface area contributed by atoms with Gasteiger partial charge in [-0.3, -0.25) is 9.79 Å². The van der Waals surface area contributed by atoms with Crippen molar-refractivity contribution in [2.45, 2.75) is 50.7 Å². The Morgan fingerprint density at radius 1 is 1.26 bits per heavy atom. The molecule has 6 nitrogen and oxygen atoms in total. The molecule has 1 fully saturated rings. The Morgan fingerprint density at radius 3 is 2.87 bits per heavy atom. The van der Waals surface area contributed by atoms with Crippen molar-refractivity contribution in [3.05, 3.63) is 29.3 Å². The SMILES string of the molecule is NC(=O)C1CCC(CN=C(N)Nc2cccc3c2CCCC3)O1.